The van der Waals surface area contributed by atoms with Gasteiger partial charge in [0.1, 0.15) is 19.2 Å². The maximum absolute atomic E-state index is 11.3. The van der Waals surface area contributed by atoms with Gasteiger partial charge in [0.25, 0.3) is 0 Å². The zero-order valence-electron chi connectivity index (χ0n) is 7.97. The molecule has 1 amide bonds. The molecule has 0 fully saturated rings. The molecule has 0 aromatic carbocycles. The van der Waals surface area contributed by atoms with Crippen molar-refractivity contribution in [3.63, 3.8) is 0 Å². The Bertz CT molecular complexity index is 325. The second-order valence-corrected chi connectivity index (χ2v) is 2.79. The average molecular weight is 192 g/mol. The quantitative estimate of drug-likeness (QED) is 0.672. The molecule has 5 heteroatoms. The van der Waals surface area contributed by atoms with Crippen molar-refractivity contribution in [1.29, 1.82) is 0 Å². The van der Waals surface area contributed by atoms with E-state index in [2.05, 4.69) is 21.3 Å². The van der Waals surface area contributed by atoms with E-state index in [0.717, 1.165) is 6.42 Å². The van der Waals surface area contributed by atoms with E-state index in [4.69, 9.17) is 6.42 Å². The van der Waals surface area contributed by atoms with E-state index in [0.29, 0.717) is 0 Å². The number of hydrogen-bond acceptors (Lipinski definition) is 3. The lowest BCUT2D eigenvalue weighted by atomic mass is 10.2. The van der Waals surface area contributed by atoms with Crippen LogP contribution in [0.5, 0.6) is 0 Å². The van der Waals surface area contributed by atoms with Crippen molar-refractivity contribution in [2.24, 2.45) is 0 Å². The van der Waals surface area contributed by atoms with Crippen molar-refractivity contribution in [2.45, 2.75) is 25.9 Å². The minimum absolute atomic E-state index is 0.151. The first-order valence-corrected chi connectivity index (χ1v) is 4.34. The van der Waals surface area contributed by atoms with E-state index in [9.17, 15) is 4.79 Å². The largest absolute Gasteiger partial charge is 0.341 e. The second-order valence-electron chi connectivity index (χ2n) is 2.79. The van der Waals surface area contributed by atoms with E-state index in [1.807, 2.05) is 6.92 Å². The van der Waals surface area contributed by atoms with Crippen LogP contribution in [-0.4, -0.2) is 26.7 Å². The molecule has 14 heavy (non-hydrogen) atoms. The van der Waals surface area contributed by atoms with Crippen LogP contribution < -0.4 is 5.32 Å². The standard InChI is InChI=1S/C9H12N4O/c1-3-8(4-2)12-9(14)5-13-7-10-6-11-13/h1,6-8H,4-5H2,2H3,(H,12,14). The molecule has 0 aliphatic rings. The predicted octanol–water partition coefficient (Wildman–Crippen LogP) is -0.194. The molecule has 1 N–H and O–H groups in total. The van der Waals surface area contributed by atoms with Gasteiger partial charge in [-0.1, -0.05) is 12.8 Å². The third-order valence-corrected chi connectivity index (χ3v) is 1.72. The maximum atomic E-state index is 11.3. The van der Waals surface area contributed by atoms with Crippen molar-refractivity contribution < 1.29 is 4.79 Å². The Labute approximate surface area is 82.5 Å². The summed E-state index contributed by atoms with van der Waals surface area (Å²) in [6.45, 7) is 2.07. The number of aromatic nitrogens is 3. The Morgan fingerprint density at radius 2 is 2.57 bits per heavy atom. The maximum Gasteiger partial charge on any atom is 0.242 e. The number of amides is 1. The van der Waals surface area contributed by atoms with Gasteiger partial charge in [0.05, 0.1) is 6.04 Å². The summed E-state index contributed by atoms with van der Waals surface area (Å²) in [5, 5.41) is 6.50. The Hall–Kier alpha value is -1.83. The molecule has 0 radical (unpaired) electrons. The lowest BCUT2D eigenvalue weighted by molar-refractivity contribution is -0.122. The molecule has 1 aromatic heterocycles. The summed E-state index contributed by atoms with van der Waals surface area (Å²) in [6, 6.07) is -0.203. The average Bonchev–Trinajstić information content (AvgIpc) is 2.66. The van der Waals surface area contributed by atoms with Gasteiger partial charge in [-0.05, 0) is 6.42 Å². The van der Waals surface area contributed by atoms with Gasteiger partial charge < -0.3 is 5.32 Å². The lowest BCUT2D eigenvalue weighted by Crippen LogP contribution is -2.35. The van der Waals surface area contributed by atoms with Gasteiger partial charge in [0, 0.05) is 0 Å². The fourth-order valence-electron chi connectivity index (χ4n) is 0.963. The second kappa shape index (κ2) is 5.02. The zero-order valence-corrected chi connectivity index (χ0v) is 7.97. The smallest absolute Gasteiger partial charge is 0.242 e. The topological polar surface area (TPSA) is 59.8 Å². The number of hydrogen-bond donors (Lipinski definition) is 1. The van der Waals surface area contributed by atoms with Gasteiger partial charge in [0.15, 0.2) is 0 Å². The van der Waals surface area contributed by atoms with Crippen LogP contribution in [0.4, 0.5) is 0 Å². The number of rotatable bonds is 4. The van der Waals surface area contributed by atoms with Crippen LogP contribution in [-0.2, 0) is 11.3 Å². The molecule has 74 valence electrons. The molecule has 5 nitrogen and oxygen atoms in total. The third kappa shape index (κ3) is 2.90. The normalized spacial score (nSPS) is 11.7. The molecule has 1 aromatic rings. The van der Waals surface area contributed by atoms with Crippen LogP contribution in [0.1, 0.15) is 13.3 Å². The van der Waals surface area contributed by atoms with Gasteiger partial charge >= 0.3 is 0 Å². The highest BCUT2D eigenvalue weighted by Gasteiger charge is 2.07. The Morgan fingerprint density at radius 3 is 3.07 bits per heavy atom. The number of carbonyl (C=O) groups is 1. The van der Waals surface area contributed by atoms with E-state index in [1.165, 1.54) is 17.3 Å². The fraction of sp³-hybridized carbons (Fsp3) is 0.444. The summed E-state index contributed by atoms with van der Waals surface area (Å²) in [6.07, 6.45) is 8.79. The molecule has 0 saturated heterocycles. The fourth-order valence-corrected chi connectivity index (χ4v) is 0.963. The summed E-state index contributed by atoms with van der Waals surface area (Å²) in [7, 11) is 0. The van der Waals surface area contributed by atoms with Gasteiger partial charge in [-0.15, -0.1) is 6.42 Å². The molecular formula is C9H12N4O. The lowest BCUT2D eigenvalue weighted by Gasteiger charge is -2.09. The SMILES string of the molecule is C#CC(CC)NC(=O)Cn1cncn1. The minimum Gasteiger partial charge on any atom is -0.341 e. The summed E-state index contributed by atoms with van der Waals surface area (Å²) in [4.78, 5) is 15.1. The number of terminal acetylenes is 1. The predicted molar refractivity (Wildman–Crippen MR) is 51.1 cm³/mol. The summed E-state index contributed by atoms with van der Waals surface area (Å²) >= 11 is 0. The van der Waals surface area contributed by atoms with E-state index >= 15 is 0 Å². The van der Waals surface area contributed by atoms with Crippen LogP contribution in [0.15, 0.2) is 12.7 Å². The number of nitrogens with zero attached hydrogens (tertiary/aromatic N) is 3. The molecule has 1 rings (SSSR count). The van der Waals surface area contributed by atoms with Gasteiger partial charge in [-0.2, -0.15) is 5.10 Å². The van der Waals surface area contributed by atoms with E-state index < -0.39 is 0 Å². The van der Waals surface area contributed by atoms with Gasteiger partial charge in [-0.25, -0.2) is 9.67 Å². The van der Waals surface area contributed by atoms with Crippen LogP contribution in [0.3, 0.4) is 0 Å². The zero-order chi connectivity index (χ0) is 10.4. The summed E-state index contributed by atoms with van der Waals surface area (Å²) < 4.78 is 1.44. The van der Waals surface area contributed by atoms with E-state index in [1.54, 1.807) is 0 Å². The molecule has 0 saturated carbocycles. The summed E-state index contributed by atoms with van der Waals surface area (Å²) in [5.41, 5.74) is 0. The first kappa shape index (κ1) is 10.3. The highest BCUT2D eigenvalue weighted by atomic mass is 16.2. The number of nitrogens with one attached hydrogen (secondary N) is 1. The van der Waals surface area contributed by atoms with Crippen molar-refractivity contribution >= 4 is 5.91 Å². The minimum atomic E-state index is -0.203. The first-order chi connectivity index (χ1) is 6.76. The Balaban J connectivity index is 2.40. The molecule has 0 spiro atoms. The van der Waals surface area contributed by atoms with Crippen molar-refractivity contribution in [3.05, 3.63) is 12.7 Å². The van der Waals surface area contributed by atoms with Crippen molar-refractivity contribution in [3.8, 4) is 12.3 Å². The van der Waals surface area contributed by atoms with Crippen molar-refractivity contribution in [2.75, 3.05) is 0 Å². The van der Waals surface area contributed by atoms with E-state index in [-0.39, 0.29) is 18.5 Å². The van der Waals surface area contributed by atoms with Crippen LogP contribution >= 0.6 is 0 Å². The highest BCUT2D eigenvalue weighted by molar-refractivity contribution is 5.76. The summed E-state index contributed by atoms with van der Waals surface area (Å²) in [5.74, 6) is 2.33. The van der Waals surface area contributed by atoms with Crippen LogP contribution in [0.2, 0.25) is 0 Å². The van der Waals surface area contributed by atoms with Crippen LogP contribution in [0, 0.1) is 12.3 Å². The monoisotopic (exact) mass is 192 g/mol. The Kier molecular flexibility index (Phi) is 3.68. The van der Waals surface area contributed by atoms with Gasteiger partial charge in [0.2, 0.25) is 5.91 Å². The molecule has 0 aliphatic carbocycles. The third-order valence-electron chi connectivity index (χ3n) is 1.72. The number of carbonyl (C=O) groups excluding carboxylic acids is 1. The highest BCUT2D eigenvalue weighted by Crippen LogP contribution is 1.89. The molecule has 1 atom stereocenters. The van der Waals surface area contributed by atoms with Gasteiger partial charge in [-0.3, -0.25) is 4.79 Å². The molecule has 1 heterocycles. The first-order valence-electron chi connectivity index (χ1n) is 4.34. The molecular weight excluding hydrogens is 180 g/mol. The molecule has 0 bridgehead atoms. The van der Waals surface area contributed by atoms with Crippen LogP contribution in [0.25, 0.3) is 0 Å². The van der Waals surface area contributed by atoms with Crippen molar-refractivity contribution in [1.82, 2.24) is 20.1 Å². The molecule has 0 aliphatic heterocycles. The molecule has 1 unspecified atom stereocenters. The Morgan fingerprint density at radius 1 is 1.79 bits per heavy atom.